The molecule has 0 bridgehead atoms. The van der Waals surface area contributed by atoms with Gasteiger partial charge in [-0.2, -0.15) is 0 Å². The summed E-state index contributed by atoms with van der Waals surface area (Å²) in [5, 5.41) is 0. The Bertz CT molecular complexity index is 780. The number of ether oxygens (including phenoxy) is 1. The van der Waals surface area contributed by atoms with E-state index < -0.39 is 0 Å². The van der Waals surface area contributed by atoms with E-state index in [4.69, 9.17) is 4.74 Å². The third kappa shape index (κ3) is 3.54. The maximum absolute atomic E-state index is 12.4. The van der Waals surface area contributed by atoms with Crippen LogP contribution < -0.4 is 4.74 Å². The molecule has 1 amide bonds. The Morgan fingerprint density at radius 2 is 1.92 bits per heavy atom. The van der Waals surface area contributed by atoms with Gasteiger partial charge in [-0.1, -0.05) is 42.5 Å². The zero-order chi connectivity index (χ0) is 16.9. The number of hydrogen-bond donors (Lipinski definition) is 0. The van der Waals surface area contributed by atoms with Crippen LogP contribution in [0.1, 0.15) is 15.9 Å². The predicted octanol–water partition coefficient (Wildman–Crippen LogP) is 2.89. The van der Waals surface area contributed by atoms with Crippen LogP contribution in [-0.4, -0.2) is 36.8 Å². The lowest BCUT2D eigenvalue weighted by Gasteiger charge is -2.16. The van der Waals surface area contributed by atoms with E-state index in [2.05, 4.69) is 0 Å². The topological polar surface area (TPSA) is 46.6 Å². The fourth-order valence-corrected chi connectivity index (χ4v) is 2.76. The van der Waals surface area contributed by atoms with Gasteiger partial charge in [0.2, 0.25) is 5.91 Å². The molecule has 1 heterocycles. The number of hydrogen-bond acceptors (Lipinski definition) is 3. The van der Waals surface area contributed by atoms with Crippen LogP contribution in [0.4, 0.5) is 0 Å². The highest BCUT2D eigenvalue weighted by Crippen LogP contribution is 2.18. The molecule has 4 nitrogen and oxygen atoms in total. The molecule has 0 radical (unpaired) electrons. The van der Waals surface area contributed by atoms with E-state index in [1.54, 1.807) is 24.1 Å². The Kier molecular flexibility index (Phi) is 4.75. The van der Waals surface area contributed by atoms with Crippen molar-refractivity contribution in [1.82, 2.24) is 4.90 Å². The van der Waals surface area contributed by atoms with Crippen molar-refractivity contribution in [3.8, 4) is 5.75 Å². The fraction of sp³-hybridized carbons (Fsp3) is 0.200. The molecule has 1 aliphatic rings. The highest BCUT2D eigenvalue weighted by atomic mass is 16.5. The summed E-state index contributed by atoms with van der Waals surface area (Å²) >= 11 is 0. The summed E-state index contributed by atoms with van der Waals surface area (Å²) in [6.07, 6.45) is 2.19. The molecule has 0 aromatic heterocycles. The molecule has 122 valence electrons. The first-order chi connectivity index (χ1) is 11.7. The molecule has 0 spiro atoms. The number of rotatable bonds is 6. The molecule has 3 rings (SSSR count). The van der Waals surface area contributed by atoms with E-state index in [0.717, 1.165) is 17.7 Å². The van der Waals surface area contributed by atoms with Crippen LogP contribution in [0.2, 0.25) is 0 Å². The molecule has 24 heavy (non-hydrogen) atoms. The second kappa shape index (κ2) is 7.13. The summed E-state index contributed by atoms with van der Waals surface area (Å²) in [4.78, 5) is 26.3. The number of benzene rings is 2. The third-order valence-electron chi connectivity index (χ3n) is 4.10. The van der Waals surface area contributed by atoms with Crippen LogP contribution in [-0.2, 0) is 11.2 Å². The second-order valence-corrected chi connectivity index (χ2v) is 5.73. The third-order valence-corrected chi connectivity index (χ3v) is 4.10. The van der Waals surface area contributed by atoms with Gasteiger partial charge < -0.3 is 9.64 Å². The number of carbonyl (C=O) groups excluding carboxylic acids is 2. The van der Waals surface area contributed by atoms with Crippen LogP contribution >= 0.6 is 0 Å². The second-order valence-electron chi connectivity index (χ2n) is 5.73. The Morgan fingerprint density at radius 3 is 2.67 bits per heavy atom. The van der Waals surface area contributed by atoms with Gasteiger partial charge >= 0.3 is 0 Å². The highest BCUT2D eigenvalue weighted by Gasteiger charge is 2.25. The van der Waals surface area contributed by atoms with Crippen molar-refractivity contribution in [1.29, 1.82) is 0 Å². The largest absolute Gasteiger partial charge is 0.497 e. The van der Waals surface area contributed by atoms with Gasteiger partial charge in [-0.05, 0) is 24.1 Å². The summed E-state index contributed by atoms with van der Waals surface area (Å²) < 4.78 is 5.21. The molecule has 0 fully saturated rings. The van der Waals surface area contributed by atoms with Crippen LogP contribution in [0.5, 0.6) is 5.75 Å². The molecular formula is C20H19NO3. The van der Waals surface area contributed by atoms with Crippen LogP contribution in [0.3, 0.4) is 0 Å². The molecular weight excluding hydrogens is 302 g/mol. The summed E-state index contributed by atoms with van der Waals surface area (Å²) in [6.45, 7) is 0.949. The normalized spacial score (nSPS) is 13.8. The van der Waals surface area contributed by atoms with E-state index in [-0.39, 0.29) is 11.7 Å². The fourth-order valence-electron chi connectivity index (χ4n) is 2.76. The molecule has 0 saturated carbocycles. The first-order valence-corrected chi connectivity index (χ1v) is 7.89. The van der Waals surface area contributed by atoms with Crippen molar-refractivity contribution in [2.75, 3.05) is 20.2 Å². The van der Waals surface area contributed by atoms with Gasteiger partial charge in [-0.15, -0.1) is 0 Å². The van der Waals surface area contributed by atoms with Crippen molar-refractivity contribution in [3.63, 3.8) is 0 Å². The van der Waals surface area contributed by atoms with Gasteiger partial charge in [0.25, 0.3) is 0 Å². The summed E-state index contributed by atoms with van der Waals surface area (Å²) in [7, 11) is 1.63. The molecule has 0 saturated heterocycles. The van der Waals surface area contributed by atoms with Crippen molar-refractivity contribution >= 4 is 11.7 Å². The molecule has 0 atom stereocenters. The smallest absolute Gasteiger partial charge is 0.247 e. The van der Waals surface area contributed by atoms with E-state index in [9.17, 15) is 9.59 Å². The van der Waals surface area contributed by atoms with Crippen molar-refractivity contribution in [2.45, 2.75) is 6.42 Å². The maximum atomic E-state index is 12.4. The summed E-state index contributed by atoms with van der Waals surface area (Å²) in [6, 6.07) is 16.8. The number of methoxy groups -OCH3 is 1. The molecule has 0 aliphatic carbocycles. The number of nitrogens with zero attached hydrogens (tertiary/aromatic N) is 1. The lowest BCUT2D eigenvalue weighted by atomic mass is 10.0. The summed E-state index contributed by atoms with van der Waals surface area (Å²) in [5.74, 6) is 0.628. The predicted molar refractivity (Wildman–Crippen MR) is 92.1 cm³/mol. The average molecular weight is 321 g/mol. The number of ketones is 1. The van der Waals surface area contributed by atoms with Gasteiger partial charge in [-0.3, -0.25) is 9.59 Å². The zero-order valence-corrected chi connectivity index (χ0v) is 13.6. The van der Waals surface area contributed by atoms with Crippen LogP contribution in [0, 0.1) is 0 Å². The lowest BCUT2D eigenvalue weighted by Crippen LogP contribution is -2.29. The first kappa shape index (κ1) is 16.0. The first-order valence-electron chi connectivity index (χ1n) is 7.89. The minimum atomic E-state index is -0.0998. The molecule has 1 aliphatic heterocycles. The van der Waals surface area contributed by atoms with Crippen molar-refractivity contribution < 1.29 is 14.3 Å². The molecule has 4 heteroatoms. The van der Waals surface area contributed by atoms with E-state index in [1.165, 1.54) is 6.08 Å². The minimum Gasteiger partial charge on any atom is -0.497 e. The zero-order valence-electron chi connectivity index (χ0n) is 13.6. The Balaban J connectivity index is 1.62. The number of carbonyl (C=O) groups is 2. The average Bonchev–Trinajstić information content (AvgIpc) is 3.01. The quantitative estimate of drug-likeness (QED) is 0.769. The molecule has 2 aromatic rings. The van der Waals surface area contributed by atoms with E-state index in [1.807, 2.05) is 42.5 Å². The Morgan fingerprint density at radius 1 is 1.12 bits per heavy atom. The molecule has 0 N–H and O–H groups in total. The van der Waals surface area contributed by atoms with Crippen LogP contribution in [0.25, 0.3) is 0 Å². The Hall–Kier alpha value is -2.88. The SMILES string of the molecule is COc1cccc(CCN2CC(C(=O)c3ccccc3)=CC2=O)c1. The number of Topliss-reactive ketones (excluding diaryl/α,β-unsaturated/α-hetero) is 1. The van der Waals surface area contributed by atoms with Gasteiger partial charge in [0, 0.05) is 23.8 Å². The standard InChI is InChI=1S/C20H19NO3/c1-24-18-9-5-6-15(12-18)10-11-21-14-17(13-19(21)22)20(23)16-7-3-2-4-8-16/h2-9,12-13H,10-11,14H2,1H3. The van der Waals surface area contributed by atoms with Gasteiger partial charge in [0.05, 0.1) is 13.7 Å². The van der Waals surface area contributed by atoms with Crippen molar-refractivity contribution in [2.24, 2.45) is 0 Å². The monoisotopic (exact) mass is 321 g/mol. The Labute approximate surface area is 141 Å². The van der Waals surface area contributed by atoms with E-state index in [0.29, 0.717) is 24.2 Å². The van der Waals surface area contributed by atoms with Crippen molar-refractivity contribution in [3.05, 3.63) is 77.4 Å². The minimum absolute atomic E-state index is 0.0761. The van der Waals surface area contributed by atoms with Gasteiger partial charge in [-0.25, -0.2) is 0 Å². The molecule has 0 unspecified atom stereocenters. The number of amides is 1. The maximum Gasteiger partial charge on any atom is 0.247 e. The lowest BCUT2D eigenvalue weighted by molar-refractivity contribution is -0.124. The van der Waals surface area contributed by atoms with Gasteiger partial charge in [0.1, 0.15) is 5.75 Å². The summed E-state index contributed by atoms with van der Waals surface area (Å²) in [5.41, 5.74) is 2.27. The van der Waals surface area contributed by atoms with E-state index >= 15 is 0 Å². The highest BCUT2D eigenvalue weighted by molar-refractivity contribution is 6.14. The molecule has 2 aromatic carbocycles. The van der Waals surface area contributed by atoms with Crippen LogP contribution in [0.15, 0.2) is 66.2 Å². The van der Waals surface area contributed by atoms with Gasteiger partial charge in [0.15, 0.2) is 5.78 Å².